The maximum atomic E-state index is 13.7. The van der Waals surface area contributed by atoms with E-state index >= 15 is 0 Å². The van der Waals surface area contributed by atoms with Gasteiger partial charge in [-0.25, -0.2) is 12.8 Å². The van der Waals surface area contributed by atoms with Crippen LogP contribution in [-0.4, -0.2) is 19.7 Å². The minimum absolute atomic E-state index is 0.111. The summed E-state index contributed by atoms with van der Waals surface area (Å²) in [5.41, 5.74) is 1.11. The van der Waals surface area contributed by atoms with Gasteiger partial charge < -0.3 is 4.42 Å². The van der Waals surface area contributed by atoms with Crippen LogP contribution in [0.5, 0.6) is 0 Å². The van der Waals surface area contributed by atoms with Crippen molar-refractivity contribution in [1.82, 2.24) is 4.98 Å². The molecule has 0 aliphatic rings. The Balaban J connectivity index is 2.05. The molecule has 0 radical (unpaired) electrons. The molecule has 2 heterocycles. The summed E-state index contributed by atoms with van der Waals surface area (Å²) < 4.78 is 43.0. The van der Waals surface area contributed by atoms with Crippen molar-refractivity contribution in [2.75, 3.05) is 6.26 Å². The molecule has 5 nitrogen and oxygen atoms in total. The second-order valence-corrected chi connectivity index (χ2v) is 8.33. The molecule has 0 saturated carbocycles. The summed E-state index contributed by atoms with van der Waals surface area (Å²) in [7, 11) is -3.36. The SMILES string of the molecule is CS(=O)(=O)c1ccc(-c2oc3cc(F)ccc3c(=O)c2-c2cccnc2)cc1. The molecular formula is C21H14FNO4S. The number of halogens is 1. The highest BCUT2D eigenvalue weighted by atomic mass is 32.2. The van der Waals surface area contributed by atoms with Crippen molar-refractivity contribution in [3.05, 3.63) is 83.0 Å². The zero-order valence-corrected chi connectivity index (χ0v) is 15.5. The minimum atomic E-state index is -3.36. The minimum Gasteiger partial charge on any atom is -0.455 e. The third kappa shape index (κ3) is 3.20. The average molecular weight is 395 g/mol. The van der Waals surface area contributed by atoms with Crippen molar-refractivity contribution < 1.29 is 17.2 Å². The fraction of sp³-hybridized carbons (Fsp3) is 0.0476. The van der Waals surface area contributed by atoms with Gasteiger partial charge in [-0.15, -0.1) is 0 Å². The Hall–Kier alpha value is -3.32. The Bertz CT molecular complexity index is 1350. The van der Waals surface area contributed by atoms with Gasteiger partial charge in [-0.2, -0.15) is 0 Å². The molecule has 28 heavy (non-hydrogen) atoms. The molecule has 0 amide bonds. The van der Waals surface area contributed by atoms with Gasteiger partial charge in [0.25, 0.3) is 0 Å². The number of aromatic nitrogens is 1. The summed E-state index contributed by atoms with van der Waals surface area (Å²) in [5, 5.41) is 0.247. The summed E-state index contributed by atoms with van der Waals surface area (Å²) in [6, 6.07) is 13.1. The van der Waals surface area contributed by atoms with Crippen molar-refractivity contribution >= 4 is 20.8 Å². The highest BCUT2D eigenvalue weighted by molar-refractivity contribution is 7.90. The maximum absolute atomic E-state index is 13.7. The van der Waals surface area contributed by atoms with E-state index in [0.717, 1.165) is 12.3 Å². The normalized spacial score (nSPS) is 11.6. The van der Waals surface area contributed by atoms with E-state index in [0.29, 0.717) is 11.1 Å². The first-order valence-corrected chi connectivity index (χ1v) is 10.2. The van der Waals surface area contributed by atoms with Crippen LogP contribution in [0.3, 0.4) is 0 Å². The van der Waals surface area contributed by atoms with Crippen LogP contribution < -0.4 is 5.43 Å². The first kappa shape index (κ1) is 18.1. The molecule has 0 aliphatic heterocycles. The fourth-order valence-corrected chi connectivity index (χ4v) is 3.63. The molecule has 2 aromatic carbocycles. The van der Waals surface area contributed by atoms with Gasteiger partial charge in [-0.1, -0.05) is 6.07 Å². The number of hydrogen-bond donors (Lipinski definition) is 0. The van der Waals surface area contributed by atoms with Crippen LogP contribution in [0.15, 0.2) is 81.1 Å². The Morgan fingerprint density at radius 1 is 1.00 bits per heavy atom. The summed E-state index contributed by atoms with van der Waals surface area (Å²) in [6.07, 6.45) is 4.24. The molecular weight excluding hydrogens is 381 g/mol. The van der Waals surface area contributed by atoms with Gasteiger partial charge in [0.05, 0.1) is 15.8 Å². The Morgan fingerprint density at radius 3 is 2.39 bits per heavy atom. The average Bonchev–Trinajstić information content (AvgIpc) is 2.67. The lowest BCUT2D eigenvalue weighted by molar-refractivity contribution is 0.598. The number of benzene rings is 2. The predicted molar refractivity (Wildman–Crippen MR) is 104 cm³/mol. The molecule has 4 rings (SSSR count). The Morgan fingerprint density at radius 2 is 1.75 bits per heavy atom. The molecule has 4 aromatic rings. The molecule has 7 heteroatoms. The van der Waals surface area contributed by atoms with Crippen molar-refractivity contribution in [3.8, 4) is 22.5 Å². The van der Waals surface area contributed by atoms with Crippen LogP contribution in [-0.2, 0) is 9.84 Å². The summed E-state index contributed by atoms with van der Waals surface area (Å²) >= 11 is 0. The van der Waals surface area contributed by atoms with E-state index in [1.165, 1.54) is 30.5 Å². The highest BCUT2D eigenvalue weighted by Gasteiger charge is 2.19. The molecule has 0 atom stereocenters. The molecule has 0 spiro atoms. The molecule has 140 valence electrons. The topological polar surface area (TPSA) is 77.2 Å². The highest BCUT2D eigenvalue weighted by Crippen LogP contribution is 2.33. The predicted octanol–water partition coefficient (Wildman–Crippen LogP) is 4.06. The van der Waals surface area contributed by atoms with E-state index in [-0.39, 0.29) is 32.6 Å². The smallest absolute Gasteiger partial charge is 0.201 e. The second-order valence-electron chi connectivity index (χ2n) is 6.31. The van der Waals surface area contributed by atoms with Crippen LogP contribution in [0.25, 0.3) is 33.4 Å². The first-order valence-electron chi connectivity index (χ1n) is 8.32. The van der Waals surface area contributed by atoms with Crippen LogP contribution in [0.2, 0.25) is 0 Å². The van der Waals surface area contributed by atoms with E-state index in [2.05, 4.69) is 4.98 Å². The summed E-state index contributed by atoms with van der Waals surface area (Å²) in [6.45, 7) is 0. The van der Waals surface area contributed by atoms with Gasteiger partial charge in [0, 0.05) is 35.8 Å². The van der Waals surface area contributed by atoms with Gasteiger partial charge in [0.1, 0.15) is 17.2 Å². The van der Waals surface area contributed by atoms with Gasteiger partial charge >= 0.3 is 0 Å². The molecule has 2 aromatic heterocycles. The maximum Gasteiger partial charge on any atom is 0.201 e. The third-order valence-corrected chi connectivity index (χ3v) is 5.48. The molecule has 0 saturated heterocycles. The molecule has 0 bridgehead atoms. The van der Waals surface area contributed by atoms with Crippen LogP contribution in [0.1, 0.15) is 0 Å². The third-order valence-electron chi connectivity index (χ3n) is 4.35. The summed E-state index contributed by atoms with van der Waals surface area (Å²) in [5.74, 6) is -0.306. The molecule has 0 unspecified atom stereocenters. The number of fused-ring (bicyclic) bond motifs is 1. The summed E-state index contributed by atoms with van der Waals surface area (Å²) in [4.78, 5) is 17.4. The van der Waals surface area contributed by atoms with Crippen molar-refractivity contribution in [2.24, 2.45) is 0 Å². The van der Waals surface area contributed by atoms with Gasteiger partial charge in [0.2, 0.25) is 5.43 Å². The lowest BCUT2D eigenvalue weighted by Crippen LogP contribution is -2.08. The van der Waals surface area contributed by atoms with E-state index in [9.17, 15) is 17.6 Å². The van der Waals surface area contributed by atoms with E-state index < -0.39 is 15.7 Å². The zero-order valence-electron chi connectivity index (χ0n) is 14.7. The lowest BCUT2D eigenvalue weighted by Gasteiger charge is -2.11. The molecule has 0 aliphatic carbocycles. The Kier molecular flexibility index (Phi) is 4.31. The Labute approximate surface area is 160 Å². The second kappa shape index (κ2) is 6.69. The number of pyridine rings is 1. The van der Waals surface area contributed by atoms with Gasteiger partial charge in [-0.05, 0) is 42.5 Å². The van der Waals surface area contributed by atoms with Crippen molar-refractivity contribution in [3.63, 3.8) is 0 Å². The molecule has 0 fully saturated rings. The molecule has 0 N–H and O–H groups in total. The lowest BCUT2D eigenvalue weighted by atomic mass is 9.99. The monoisotopic (exact) mass is 395 g/mol. The quantitative estimate of drug-likeness (QED) is 0.523. The largest absolute Gasteiger partial charge is 0.455 e. The standard InChI is InChI=1S/C21H14FNO4S/c1-28(25,26)16-7-4-13(5-8-16)21-19(14-3-2-10-23-12-14)20(24)17-9-6-15(22)11-18(17)27-21/h2-12H,1H3. The van der Waals surface area contributed by atoms with Gasteiger partial charge in [-0.3, -0.25) is 9.78 Å². The number of sulfone groups is 1. The number of hydrogen-bond acceptors (Lipinski definition) is 5. The fourth-order valence-electron chi connectivity index (χ4n) is 3.00. The van der Waals surface area contributed by atoms with Crippen LogP contribution in [0.4, 0.5) is 4.39 Å². The van der Waals surface area contributed by atoms with Crippen LogP contribution >= 0.6 is 0 Å². The number of nitrogens with zero attached hydrogens (tertiary/aromatic N) is 1. The van der Waals surface area contributed by atoms with Crippen LogP contribution in [0, 0.1) is 5.82 Å². The number of rotatable bonds is 3. The van der Waals surface area contributed by atoms with E-state index in [1.807, 2.05) is 0 Å². The van der Waals surface area contributed by atoms with Gasteiger partial charge in [0.15, 0.2) is 9.84 Å². The van der Waals surface area contributed by atoms with Crippen molar-refractivity contribution in [1.29, 1.82) is 0 Å². The van der Waals surface area contributed by atoms with E-state index in [4.69, 9.17) is 4.42 Å². The zero-order chi connectivity index (χ0) is 19.9. The first-order chi connectivity index (χ1) is 13.3. The van der Waals surface area contributed by atoms with E-state index in [1.54, 1.807) is 30.5 Å². The van der Waals surface area contributed by atoms with Crippen molar-refractivity contribution in [2.45, 2.75) is 4.90 Å².